The Morgan fingerprint density at radius 1 is 1.58 bits per heavy atom. The number of nitrogen functional groups attached to an aromatic ring is 1. The van der Waals surface area contributed by atoms with Crippen LogP contribution in [0.3, 0.4) is 0 Å². The third-order valence-electron chi connectivity index (χ3n) is 2.53. The van der Waals surface area contributed by atoms with Crippen LogP contribution in [-0.2, 0) is 6.54 Å². The van der Waals surface area contributed by atoms with Crippen LogP contribution in [0, 0.1) is 12.7 Å². The van der Waals surface area contributed by atoms with E-state index in [0.29, 0.717) is 6.54 Å². The van der Waals surface area contributed by atoms with E-state index in [9.17, 15) is 9.18 Å². The monoisotopic (exact) mass is 281 g/mol. The van der Waals surface area contributed by atoms with Crippen molar-refractivity contribution < 1.29 is 14.3 Å². The van der Waals surface area contributed by atoms with Gasteiger partial charge in [-0.2, -0.15) is 0 Å². The van der Waals surface area contributed by atoms with Crippen molar-refractivity contribution in [2.24, 2.45) is 0 Å². The van der Waals surface area contributed by atoms with Gasteiger partial charge in [0.05, 0.1) is 28.6 Å². The number of hydrogen-bond donors (Lipinski definition) is 3. The lowest BCUT2D eigenvalue weighted by Crippen LogP contribution is -2.11. The fourth-order valence-corrected chi connectivity index (χ4v) is 2.26. The van der Waals surface area contributed by atoms with Crippen LogP contribution in [-0.4, -0.2) is 16.1 Å². The minimum atomic E-state index is -1.27. The number of nitrogens with zero attached hydrogens (tertiary/aromatic N) is 1. The topological polar surface area (TPSA) is 88.2 Å². The van der Waals surface area contributed by atoms with Gasteiger partial charge < -0.3 is 16.2 Å². The van der Waals surface area contributed by atoms with Crippen molar-refractivity contribution in [1.82, 2.24) is 4.98 Å². The highest BCUT2D eigenvalue weighted by molar-refractivity contribution is 7.09. The smallest absolute Gasteiger partial charge is 0.340 e. The number of carbonyl (C=O) groups is 1. The van der Waals surface area contributed by atoms with E-state index in [0.717, 1.165) is 16.8 Å². The Morgan fingerprint density at radius 2 is 2.32 bits per heavy atom. The van der Waals surface area contributed by atoms with Crippen LogP contribution in [0.4, 0.5) is 15.8 Å². The molecule has 100 valence electrons. The number of nitrogens with two attached hydrogens (primary N) is 1. The minimum Gasteiger partial charge on any atom is -0.478 e. The summed E-state index contributed by atoms with van der Waals surface area (Å²) in [5, 5.41) is 14.8. The third-order valence-corrected chi connectivity index (χ3v) is 3.36. The van der Waals surface area contributed by atoms with Crippen molar-refractivity contribution >= 4 is 28.7 Å². The molecule has 0 atom stereocenters. The Hall–Kier alpha value is -2.15. The van der Waals surface area contributed by atoms with Crippen molar-refractivity contribution in [3.05, 3.63) is 39.6 Å². The van der Waals surface area contributed by atoms with Crippen molar-refractivity contribution in [2.75, 3.05) is 11.1 Å². The van der Waals surface area contributed by atoms with Crippen LogP contribution < -0.4 is 11.1 Å². The molecule has 0 saturated heterocycles. The lowest BCUT2D eigenvalue weighted by Gasteiger charge is -2.11. The highest BCUT2D eigenvalue weighted by Crippen LogP contribution is 2.25. The van der Waals surface area contributed by atoms with Crippen molar-refractivity contribution in [2.45, 2.75) is 13.5 Å². The minimum absolute atomic E-state index is 0.257. The van der Waals surface area contributed by atoms with Crippen LogP contribution in [0.2, 0.25) is 0 Å². The molecule has 5 nitrogen and oxygen atoms in total. The molecular formula is C12H12FN3O2S. The molecule has 0 aliphatic carbocycles. The predicted octanol–water partition coefficient (Wildman–Crippen LogP) is 2.48. The summed E-state index contributed by atoms with van der Waals surface area (Å²) in [5.74, 6) is -2.01. The molecule has 0 aliphatic heterocycles. The van der Waals surface area contributed by atoms with Gasteiger partial charge in [0.15, 0.2) is 0 Å². The molecule has 2 rings (SSSR count). The Morgan fingerprint density at radius 3 is 2.89 bits per heavy atom. The molecule has 1 aromatic heterocycles. The summed E-state index contributed by atoms with van der Waals surface area (Å²) in [6.07, 6.45) is 0. The number of thiazole rings is 1. The highest BCUT2D eigenvalue weighted by atomic mass is 32.1. The lowest BCUT2D eigenvalue weighted by atomic mass is 10.1. The number of halogens is 1. The van der Waals surface area contributed by atoms with E-state index in [2.05, 4.69) is 10.3 Å². The third kappa shape index (κ3) is 2.82. The average molecular weight is 281 g/mol. The molecule has 0 radical (unpaired) electrons. The van der Waals surface area contributed by atoms with Crippen LogP contribution in [0.25, 0.3) is 0 Å². The summed E-state index contributed by atoms with van der Waals surface area (Å²) in [5.41, 5.74) is 5.89. The van der Waals surface area contributed by atoms with Crippen LogP contribution in [0.1, 0.15) is 21.1 Å². The summed E-state index contributed by atoms with van der Waals surface area (Å²) in [7, 11) is 0. The van der Waals surface area contributed by atoms with Crippen molar-refractivity contribution in [1.29, 1.82) is 0 Å². The Bertz CT molecular complexity index is 627. The van der Waals surface area contributed by atoms with E-state index >= 15 is 0 Å². The standard InChI is InChI=1S/C12H12FN3O2S/c1-6-16-7(5-19-6)4-15-9-3-2-8(13)11(14)10(9)12(17)18/h2-3,5,15H,4,14H2,1H3,(H,17,18). The van der Waals surface area contributed by atoms with Crippen molar-refractivity contribution in [3.8, 4) is 0 Å². The molecule has 4 N–H and O–H groups in total. The first kappa shape index (κ1) is 13.3. The first-order valence-electron chi connectivity index (χ1n) is 5.45. The number of rotatable bonds is 4. The molecule has 0 fully saturated rings. The molecular weight excluding hydrogens is 269 g/mol. The first-order chi connectivity index (χ1) is 8.99. The number of aromatic nitrogens is 1. The zero-order valence-corrected chi connectivity index (χ0v) is 10.9. The molecule has 0 bridgehead atoms. The second-order valence-corrected chi connectivity index (χ2v) is 4.96. The van der Waals surface area contributed by atoms with Gasteiger partial charge in [0.2, 0.25) is 0 Å². The summed E-state index contributed by atoms with van der Waals surface area (Å²) in [6.45, 7) is 2.24. The Balaban J connectivity index is 2.25. The van der Waals surface area contributed by atoms with Gasteiger partial charge in [-0.15, -0.1) is 11.3 Å². The summed E-state index contributed by atoms with van der Waals surface area (Å²) < 4.78 is 13.3. The molecule has 0 amide bonds. The quantitative estimate of drug-likeness (QED) is 0.749. The van der Waals surface area contributed by atoms with Gasteiger partial charge in [0.25, 0.3) is 0 Å². The molecule has 0 aliphatic rings. The average Bonchev–Trinajstić information content (AvgIpc) is 2.76. The molecule has 7 heteroatoms. The molecule has 1 aromatic carbocycles. The van der Waals surface area contributed by atoms with Crippen LogP contribution in [0.15, 0.2) is 17.5 Å². The number of carboxylic acid groups (broad SMARTS) is 1. The van der Waals surface area contributed by atoms with E-state index in [1.54, 1.807) is 0 Å². The molecule has 0 spiro atoms. The molecule has 0 saturated carbocycles. The molecule has 2 aromatic rings. The summed E-state index contributed by atoms with van der Waals surface area (Å²) >= 11 is 1.50. The number of carboxylic acids is 1. The number of benzene rings is 1. The van der Waals surface area contributed by atoms with Gasteiger partial charge >= 0.3 is 5.97 Å². The maximum Gasteiger partial charge on any atom is 0.340 e. The van der Waals surface area contributed by atoms with Crippen molar-refractivity contribution in [3.63, 3.8) is 0 Å². The number of hydrogen-bond acceptors (Lipinski definition) is 5. The first-order valence-corrected chi connectivity index (χ1v) is 6.33. The molecule has 1 heterocycles. The zero-order valence-electron chi connectivity index (χ0n) is 10.1. The van der Waals surface area contributed by atoms with E-state index in [1.807, 2.05) is 12.3 Å². The van der Waals surface area contributed by atoms with Gasteiger partial charge in [-0.25, -0.2) is 14.2 Å². The zero-order chi connectivity index (χ0) is 14.0. The molecule has 0 unspecified atom stereocenters. The normalized spacial score (nSPS) is 10.4. The van der Waals surface area contributed by atoms with E-state index in [-0.39, 0.29) is 16.9 Å². The fourth-order valence-electron chi connectivity index (χ4n) is 1.65. The van der Waals surface area contributed by atoms with E-state index in [4.69, 9.17) is 10.8 Å². The maximum absolute atomic E-state index is 13.3. The number of aromatic carboxylic acids is 1. The predicted molar refractivity (Wildman–Crippen MR) is 71.9 cm³/mol. The Labute approximate surface area is 112 Å². The number of aryl methyl sites for hydroxylation is 1. The maximum atomic E-state index is 13.3. The van der Waals surface area contributed by atoms with Gasteiger partial charge in [0, 0.05) is 5.38 Å². The lowest BCUT2D eigenvalue weighted by molar-refractivity contribution is 0.0698. The number of anilines is 2. The summed E-state index contributed by atoms with van der Waals surface area (Å²) in [4.78, 5) is 15.4. The van der Waals surface area contributed by atoms with Crippen LogP contribution >= 0.6 is 11.3 Å². The fraction of sp³-hybridized carbons (Fsp3) is 0.167. The van der Waals surface area contributed by atoms with E-state index in [1.165, 1.54) is 17.4 Å². The Kier molecular flexibility index (Phi) is 3.66. The SMILES string of the molecule is Cc1nc(CNc2ccc(F)c(N)c2C(=O)O)cs1. The molecule has 19 heavy (non-hydrogen) atoms. The van der Waals surface area contributed by atoms with E-state index < -0.39 is 11.8 Å². The van der Waals surface area contributed by atoms with Gasteiger partial charge in [0.1, 0.15) is 11.4 Å². The van der Waals surface area contributed by atoms with Gasteiger partial charge in [-0.1, -0.05) is 0 Å². The highest BCUT2D eigenvalue weighted by Gasteiger charge is 2.17. The van der Waals surface area contributed by atoms with Gasteiger partial charge in [-0.05, 0) is 19.1 Å². The second-order valence-electron chi connectivity index (χ2n) is 3.90. The number of nitrogens with one attached hydrogen (secondary N) is 1. The largest absolute Gasteiger partial charge is 0.478 e. The second kappa shape index (κ2) is 5.23. The van der Waals surface area contributed by atoms with Crippen LogP contribution in [0.5, 0.6) is 0 Å². The van der Waals surface area contributed by atoms with Gasteiger partial charge in [-0.3, -0.25) is 0 Å². The summed E-state index contributed by atoms with van der Waals surface area (Å²) in [6, 6.07) is 2.49.